The highest BCUT2D eigenvalue weighted by atomic mass is 32.2. The van der Waals surface area contributed by atoms with Crippen molar-refractivity contribution >= 4 is 89.8 Å². The molecule has 1 aromatic heterocycles. The minimum absolute atomic E-state index is 0.0000422. The van der Waals surface area contributed by atoms with E-state index in [-0.39, 0.29) is 140 Å². The normalized spacial score (nSPS) is 16.2. The molecule has 4 amide bonds. The first kappa shape index (κ1) is 82.1. The Morgan fingerprint density at radius 2 is 1.68 bits per heavy atom. The fraction of sp³-hybridized carbons (Fsp3) is 0.386. The number of phosphoric ester groups is 1. The number of azide groups is 2. The number of benzene rings is 4. The smallest absolute Gasteiger partial charge is 0.490 e. The van der Waals surface area contributed by atoms with Crippen molar-refractivity contribution in [3.8, 4) is 40.0 Å². The maximum atomic E-state index is 14.3. The van der Waals surface area contributed by atoms with E-state index in [0.717, 1.165) is 10.8 Å². The Balaban J connectivity index is 0.836. The van der Waals surface area contributed by atoms with Gasteiger partial charge in [-0.2, -0.15) is 22.0 Å². The zero-order valence-corrected chi connectivity index (χ0v) is 59.2. The topological polar surface area (TPSA) is 623 Å². The number of nitrogen functional groups attached to an aromatic ring is 1. The minimum Gasteiger partial charge on any atom is -0.744 e. The van der Waals surface area contributed by atoms with Crippen LogP contribution in [0.25, 0.3) is 54.3 Å². The number of carbonyl (C=O) groups excluding carboxylic acids is 4. The third kappa shape index (κ3) is 23.4. The first-order valence-corrected chi connectivity index (χ1v) is 37.9. The Morgan fingerprint density at radius 3 is 2.38 bits per heavy atom. The summed E-state index contributed by atoms with van der Waals surface area (Å²) in [4.78, 5) is 114. The maximum absolute atomic E-state index is 14.3. The fourth-order valence-electron chi connectivity index (χ4n) is 10.1. The van der Waals surface area contributed by atoms with Crippen molar-refractivity contribution in [2.24, 2.45) is 10.2 Å². The molecule has 42 nitrogen and oxygen atoms in total. The molecule has 0 radical (unpaired) electrons. The van der Waals surface area contributed by atoms with Crippen molar-refractivity contribution in [1.29, 1.82) is 0 Å². The van der Waals surface area contributed by atoms with Crippen molar-refractivity contribution < 1.29 is 125 Å². The van der Waals surface area contributed by atoms with Gasteiger partial charge in [-0.25, -0.2) is 31.9 Å². The van der Waals surface area contributed by atoms with E-state index in [1.165, 1.54) is 66.5 Å². The molecule has 3 heterocycles. The van der Waals surface area contributed by atoms with Gasteiger partial charge in [0, 0.05) is 95.8 Å². The summed E-state index contributed by atoms with van der Waals surface area (Å²) in [7, 11) is -26.1. The zero-order chi connectivity index (χ0) is 76.2. The number of aromatic nitrogens is 2. The van der Waals surface area contributed by atoms with Gasteiger partial charge in [0.1, 0.15) is 65.4 Å². The Bertz CT molecular complexity index is 4850. The van der Waals surface area contributed by atoms with Crippen molar-refractivity contribution in [2.45, 2.75) is 67.6 Å². The van der Waals surface area contributed by atoms with E-state index in [1.54, 1.807) is 32.0 Å². The first-order chi connectivity index (χ1) is 49.2. The van der Waals surface area contributed by atoms with Crippen LogP contribution in [0.2, 0.25) is 0 Å². The number of hydrogen-bond acceptors (Lipinski definition) is 27. The summed E-state index contributed by atoms with van der Waals surface area (Å²) in [5.74, 6) is 2.45. The monoisotopic (exact) mass is 1550 g/mol. The van der Waals surface area contributed by atoms with Crippen LogP contribution in [0.1, 0.15) is 65.6 Å². The molecule has 12 N–H and O–H groups in total. The minimum atomic E-state index is -5.87. The Kier molecular flexibility index (Phi) is 29.2. The predicted octanol–water partition coefficient (Wildman–Crippen LogP) is 1.83. The van der Waals surface area contributed by atoms with Crippen LogP contribution in [-0.4, -0.2) is 188 Å². The van der Waals surface area contributed by atoms with Gasteiger partial charge in [-0.3, -0.25) is 32.8 Å². The van der Waals surface area contributed by atoms with Crippen molar-refractivity contribution in [3.05, 3.63) is 132 Å². The molecule has 104 heavy (non-hydrogen) atoms. The molecule has 3 aliphatic rings. The second-order valence-corrected chi connectivity index (χ2v) is 28.7. The van der Waals surface area contributed by atoms with Crippen LogP contribution < -0.4 is 47.8 Å². The lowest BCUT2D eigenvalue weighted by Gasteiger charge is -2.23. The lowest BCUT2D eigenvalue weighted by molar-refractivity contribution is -0.498. The van der Waals surface area contributed by atoms with E-state index in [4.69, 9.17) is 54.7 Å². The number of phosphoric acid groups is 3. The zero-order valence-electron chi connectivity index (χ0n) is 54.9. The summed E-state index contributed by atoms with van der Waals surface area (Å²) >= 11 is 0. The summed E-state index contributed by atoms with van der Waals surface area (Å²) in [5, 5.41) is 17.4. The van der Waals surface area contributed by atoms with Gasteiger partial charge in [-0.05, 0) is 79.4 Å². The van der Waals surface area contributed by atoms with E-state index < -0.39 is 139 Å². The van der Waals surface area contributed by atoms with Crippen molar-refractivity contribution in [3.63, 3.8) is 0 Å². The van der Waals surface area contributed by atoms with E-state index in [9.17, 15) is 73.4 Å². The number of anilines is 2. The third-order valence-electron chi connectivity index (χ3n) is 14.3. The molecule has 0 bridgehead atoms. The molecule has 1 aliphatic carbocycles. The number of rotatable bonds is 37. The number of nitrogens with two attached hydrogens (primary N) is 1. The number of nitrogens with zero attached hydrogens (tertiary/aromatic N) is 9. The molecule has 1 saturated heterocycles. The molecule has 560 valence electrons. The summed E-state index contributed by atoms with van der Waals surface area (Å²) in [6.07, 6.45) is -4.08. The number of amides is 4. The summed E-state index contributed by atoms with van der Waals surface area (Å²) in [5.41, 5.74) is 22.6. The van der Waals surface area contributed by atoms with Crippen LogP contribution in [0.4, 0.5) is 11.5 Å². The summed E-state index contributed by atoms with van der Waals surface area (Å²) in [6.45, 7) is 0.711. The molecule has 3 unspecified atom stereocenters. The van der Waals surface area contributed by atoms with Gasteiger partial charge in [-0.1, -0.05) is 46.3 Å². The molecule has 1 fully saturated rings. The molecular formula is C57H68N15O27P3S2. The average molecular weight is 1550 g/mol. The number of nitrogens with one attached hydrogen (secondary N) is 5. The standard InChI is InChI=1S/C57H68N15O27P3S2/c1-4-61-41-19-17-39-49(40-18-20-42(62-5-2)53(104(88,89)90)51(40)97-50(39)52(41)103(85,86)87)37-14-6-7-15-38(37)56(76)71(3)24-10-16-45(73)64-22-23-65-55(75)34-11-8-13-36(27-34)93-32-47(68-70-60)92-26-25-91-31-46(74)63-21-9-12-35-29-72(57(77)67-54(35)58)48-28-43(94-33-66-69-59)44(96-48)30-95-101(81,82)99-102(83,84)98-100(78,79)80/h6-8,11,13-15,17-20,27,29,43-44,47-48,61H,4-5,10,16,21-26,28,30-33H2,1-3H3,(H,63,74)(H,64,73)(H,65,75)(H,81,82)(H,83,84)(H2,58,67,77)(H2,78,79,80)(H,85,86,87)(H,88,89,90)/t43-,44+,47?,48+/m0/s1. The van der Waals surface area contributed by atoms with Gasteiger partial charge >= 0.3 is 39.3 Å². The van der Waals surface area contributed by atoms with E-state index in [2.05, 4.69) is 76.3 Å². The van der Waals surface area contributed by atoms with Crippen LogP contribution in [0.5, 0.6) is 5.75 Å². The lowest BCUT2D eigenvalue weighted by atomic mass is 9.90. The lowest BCUT2D eigenvalue weighted by Crippen LogP contribution is -2.76. The van der Waals surface area contributed by atoms with Crippen molar-refractivity contribution in [1.82, 2.24) is 30.4 Å². The van der Waals surface area contributed by atoms with Crippen LogP contribution in [0.15, 0.2) is 108 Å². The molecule has 7 rings (SSSR count). The number of fused-ring (bicyclic) bond motifs is 2. The maximum Gasteiger partial charge on any atom is 0.490 e. The third-order valence-corrected chi connectivity index (χ3v) is 20.0. The largest absolute Gasteiger partial charge is 0.744 e. The molecule has 3 aromatic carbocycles. The Labute approximate surface area is 589 Å². The Morgan fingerprint density at radius 1 is 0.933 bits per heavy atom. The molecule has 47 heteroatoms. The van der Waals surface area contributed by atoms with Crippen LogP contribution in [0, 0.1) is 11.8 Å². The van der Waals surface area contributed by atoms with E-state index >= 15 is 0 Å². The predicted molar refractivity (Wildman–Crippen MR) is 358 cm³/mol. The van der Waals surface area contributed by atoms with Gasteiger partial charge in [0.2, 0.25) is 22.1 Å². The van der Waals surface area contributed by atoms with Gasteiger partial charge in [0.25, 0.3) is 11.8 Å². The van der Waals surface area contributed by atoms with Gasteiger partial charge < -0.3 is 84.1 Å². The molecule has 0 saturated carbocycles. The second-order valence-electron chi connectivity index (χ2n) is 21.6. The van der Waals surface area contributed by atoms with Crippen LogP contribution in [-0.2, 0) is 75.6 Å². The van der Waals surface area contributed by atoms with Gasteiger partial charge in [-0.15, -0.1) is 0 Å². The highest BCUT2D eigenvalue weighted by Gasteiger charge is 2.44. The number of hydrogen-bond donors (Lipinski definition) is 11. The highest BCUT2D eigenvalue weighted by Crippen LogP contribution is 2.66. The second kappa shape index (κ2) is 37.0. The molecule has 0 spiro atoms. The number of ether oxygens (including phenoxy) is 5. The summed E-state index contributed by atoms with van der Waals surface area (Å²) in [6, 6.07) is 17.8. The number of carbonyl (C=O) groups is 4. The molecule has 2 aliphatic heterocycles. The summed E-state index contributed by atoms with van der Waals surface area (Å²) < 4.78 is 157. The molecular weight excluding hydrogens is 1480 g/mol. The van der Waals surface area contributed by atoms with Crippen molar-refractivity contribution in [2.75, 3.05) is 97.1 Å². The van der Waals surface area contributed by atoms with Gasteiger partial charge in [0.15, 0.2) is 17.6 Å². The van der Waals surface area contributed by atoms with Crippen LogP contribution >= 0.6 is 23.5 Å². The quantitative estimate of drug-likeness (QED) is 0.00387. The fourth-order valence-corrected chi connectivity index (χ4v) is 14.7. The highest BCUT2D eigenvalue weighted by molar-refractivity contribution is 7.86. The van der Waals surface area contributed by atoms with Crippen LogP contribution in [0.3, 0.4) is 0 Å². The average Bonchev–Trinajstić information content (AvgIpc) is 0.829. The Hall–Kier alpha value is -9.24. The van der Waals surface area contributed by atoms with E-state index in [0.29, 0.717) is 0 Å². The molecule has 6 atom stereocenters. The van der Waals surface area contributed by atoms with E-state index in [1.807, 2.05) is 0 Å². The van der Waals surface area contributed by atoms with Gasteiger partial charge in [0.05, 0.1) is 43.7 Å². The SMILES string of the molecule is CCNc1ccc2c(-c3ccccc3C(=O)N(C)CCCC(=O)NCCNC(=O)c3cccc(OCC(N=[N+]=[N-])OCCOCC(=O)NCC#Cc4cn([C@H]5C[C@H](OCN=[N+]=[N-])[C@@H](COP(=O)(O)OP(=O)(O)OP(=O)(O)O)O5)c(=O)nc4N)c3)c3ccc(=[NH+]CC)c(S(=O)(=O)O)c-3oc2c1S(=O)(=O)[O-]. The first-order valence-electron chi connectivity index (χ1n) is 30.5. The molecule has 4 aromatic rings.